The number of carbonyl (C=O) groups excluding carboxylic acids is 1. The fraction of sp³-hybridized carbons (Fsp3) is 0.161. The molecule has 7 heteroatoms. The highest BCUT2D eigenvalue weighted by Crippen LogP contribution is 2.32. The predicted molar refractivity (Wildman–Crippen MR) is 160 cm³/mol. The molecule has 1 N–H and O–H groups in total. The molecule has 0 saturated carbocycles. The molecule has 1 aliphatic rings. The summed E-state index contributed by atoms with van der Waals surface area (Å²) < 4.78 is 9.20. The number of aliphatic imine (C=N–C) groups is 1. The van der Waals surface area contributed by atoms with E-state index in [9.17, 15) is 4.79 Å². The molecule has 1 saturated heterocycles. The van der Waals surface area contributed by atoms with E-state index in [0.29, 0.717) is 16.7 Å². The van der Waals surface area contributed by atoms with Crippen molar-refractivity contribution in [2.75, 3.05) is 0 Å². The Hall–Kier alpha value is -3.55. The van der Waals surface area contributed by atoms with Crippen LogP contribution in [0.4, 0.5) is 5.69 Å². The number of amidine groups is 1. The zero-order valence-electron chi connectivity index (χ0n) is 21.7. The first kappa shape index (κ1) is 26.1. The molecule has 5 rings (SSSR count). The van der Waals surface area contributed by atoms with E-state index in [-0.39, 0.29) is 5.91 Å². The van der Waals surface area contributed by atoms with E-state index < -0.39 is 0 Å². The number of thioether (sulfide) groups is 1. The van der Waals surface area contributed by atoms with Crippen molar-refractivity contribution < 1.29 is 9.53 Å². The third-order valence-electron chi connectivity index (χ3n) is 6.62. The van der Waals surface area contributed by atoms with Crippen molar-refractivity contribution in [3.05, 3.63) is 116 Å². The van der Waals surface area contributed by atoms with Gasteiger partial charge in [-0.1, -0.05) is 40.2 Å². The van der Waals surface area contributed by atoms with Crippen molar-refractivity contribution in [3.8, 4) is 11.4 Å². The summed E-state index contributed by atoms with van der Waals surface area (Å²) in [4.78, 5) is 18.0. The quantitative estimate of drug-likeness (QED) is 0.234. The van der Waals surface area contributed by atoms with Crippen molar-refractivity contribution in [1.82, 2.24) is 9.88 Å². The molecular formula is C31H28BrN3O2S. The summed E-state index contributed by atoms with van der Waals surface area (Å²) in [6.07, 6.45) is 1.94. The SMILES string of the molecule is Cc1cccc(N=C2NC(=O)C(=Cc3cc(C)n(-c4ccc(OCc5ccc(Br)cc5)cc4)c3C)S2)c1C. The maximum absolute atomic E-state index is 12.7. The van der Waals surface area contributed by atoms with Crippen LogP contribution in [0.3, 0.4) is 0 Å². The minimum absolute atomic E-state index is 0.129. The molecule has 5 nitrogen and oxygen atoms in total. The molecule has 0 atom stereocenters. The fourth-order valence-electron chi connectivity index (χ4n) is 4.36. The standard InChI is InChI=1S/C31H28BrN3O2S/c1-19-6-5-7-28(21(19)3)33-31-34-30(36)29(38-31)17-24-16-20(2)35(22(24)4)26-12-14-27(15-13-26)37-18-23-8-10-25(32)11-9-23/h5-17H,18H2,1-4H3,(H,33,34,36). The van der Waals surface area contributed by atoms with E-state index in [0.717, 1.165) is 49.7 Å². The number of carbonyl (C=O) groups is 1. The maximum Gasteiger partial charge on any atom is 0.264 e. The predicted octanol–water partition coefficient (Wildman–Crippen LogP) is 7.94. The van der Waals surface area contributed by atoms with E-state index >= 15 is 0 Å². The van der Waals surface area contributed by atoms with Crippen molar-refractivity contribution >= 4 is 50.5 Å². The van der Waals surface area contributed by atoms with Gasteiger partial charge < -0.3 is 14.6 Å². The van der Waals surface area contributed by atoms with Gasteiger partial charge in [0.1, 0.15) is 12.4 Å². The summed E-state index contributed by atoms with van der Waals surface area (Å²) in [5.74, 6) is 0.687. The van der Waals surface area contributed by atoms with Gasteiger partial charge in [0.05, 0.1) is 10.6 Å². The van der Waals surface area contributed by atoms with E-state index in [1.807, 2.05) is 61.5 Å². The lowest BCUT2D eigenvalue weighted by molar-refractivity contribution is -0.115. The number of nitrogens with one attached hydrogen (secondary N) is 1. The minimum Gasteiger partial charge on any atom is -0.489 e. The Morgan fingerprint density at radius 1 is 1.00 bits per heavy atom. The Morgan fingerprint density at radius 3 is 2.47 bits per heavy atom. The van der Waals surface area contributed by atoms with Gasteiger partial charge in [-0.2, -0.15) is 0 Å². The number of hydrogen-bond acceptors (Lipinski definition) is 4. The third kappa shape index (κ3) is 5.64. The summed E-state index contributed by atoms with van der Waals surface area (Å²) in [5, 5.41) is 3.51. The van der Waals surface area contributed by atoms with Gasteiger partial charge in [-0.15, -0.1) is 0 Å². The first-order valence-electron chi connectivity index (χ1n) is 12.3. The van der Waals surface area contributed by atoms with Crippen LogP contribution in [-0.4, -0.2) is 15.6 Å². The molecular weight excluding hydrogens is 558 g/mol. The summed E-state index contributed by atoms with van der Waals surface area (Å²) in [6, 6.07) is 24.3. The highest BCUT2D eigenvalue weighted by Gasteiger charge is 2.25. The second kappa shape index (κ2) is 11.1. The van der Waals surface area contributed by atoms with Gasteiger partial charge in [-0.3, -0.25) is 4.79 Å². The van der Waals surface area contributed by atoms with Crippen LogP contribution in [0.15, 0.2) is 87.2 Å². The van der Waals surface area contributed by atoms with Crippen molar-refractivity contribution in [2.24, 2.45) is 4.99 Å². The molecule has 1 amide bonds. The number of aryl methyl sites for hydroxylation is 2. The fourth-order valence-corrected chi connectivity index (χ4v) is 5.45. The summed E-state index contributed by atoms with van der Waals surface area (Å²) in [7, 11) is 0. The van der Waals surface area contributed by atoms with Crippen molar-refractivity contribution in [1.29, 1.82) is 0 Å². The second-order valence-corrected chi connectivity index (χ2v) is 11.2. The molecule has 0 radical (unpaired) electrons. The maximum atomic E-state index is 12.7. The molecule has 1 aliphatic heterocycles. The third-order valence-corrected chi connectivity index (χ3v) is 8.06. The zero-order chi connectivity index (χ0) is 26.8. The number of ether oxygens (including phenoxy) is 1. The highest BCUT2D eigenvalue weighted by atomic mass is 79.9. The van der Waals surface area contributed by atoms with Gasteiger partial charge in [0.25, 0.3) is 5.91 Å². The molecule has 0 aliphatic carbocycles. The van der Waals surface area contributed by atoms with Gasteiger partial charge in [-0.25, -0.2) is 4.99 Å². The monoisotopic (exact) mass is 585 g/mol. The Morgan fingerprint density at radius 2 is 1.74 bits per heavy atom. The topological polar surface area (TPSA) is 55.6 Å². The number of aromatic nitrogens is 1. The van der Waals surface area contributed by atoms with Gasteiger partial charge >= 0.3 is 0 Å². The number of rotatable bonds is 6. The first-order chi connectivity index (χ1) is 18.3. The lowest BCUT2D eigenvalue weighted by Crippen LogP contribution is -2.19. The van der Waals surface area contributed by atoms with Gasteiger partial charge in [-0.05, 0) is 116 Å². The number of hydrogen-bond donors (Lipinski definition) is 1. The van der Waals surface area contributed by atoms with Gasteiger partial charge in [0.2, 0.25) is 0 Å². The molecule has 38 heavy (non-hydrogen) atoms. The zero-order valence-corrected chi connectivity index (χ0v) is 24.1. The van der Waals surface area contributed by atoms with E-state index in [1.54, 1.807) is 0 Å². The number of amides is 1. The Kier molecular flexibility index (Phi) is 7.58. The molecule has 2 heterocycles. The van der Waals surface area contributed by atoms with Crippen LogP contribution in [0.5, 0.6) is 5.75 Å². The largest absolute Gasteiger partial charge is 0.489 e. The molecule has 1 fully saturated rings. The molecule has 192 valence electrons. The number of benzene rings is 3. The van der Waals surface area contributed by atoms with E-state index in [1.165, 1.54) is 17.3 Å². The lowest BCUT2D eigenvalue weighted by atomic mass is 10.1. The van der Waals surface area contributed by atoms with Crippen LogP contribution in [0, 0.1) is 27.7 Å². The van der Waals surface area contributed by atoms with Crippen LogP contribution >= 0.6 is 27.7 Å². The molecule has 0 bridgehead atoms. The van der Waals surface area contributed by atoms with Gasteiger partial charge in [0.15, 0.2) is 5.17 Å². The normalized spacial score (nSPS) is 15.3. The molecule has 1 aromatic heterocycles. The lowest BCUT2D eigenvalue weighted by Gasteiger charge is -2.11. The Labute approximate surface area is 235 Å². The van der Waals surface area contributed by atoms with Crippen LogP contribution in [-0.2, 0) is 11.4 Å². The average Bonchev–Trinajstić information content (AvgIpc) is 3.39. The van der Waals surface area contributed by atoms with Gasteiger partial charge in [0, 0.05) is 21.5 Å². The first-order valence-corrected chi connectivity index (χ1v) is 13.9. The molecule has 0 unspecified atom stereocenters. The Balaban J connectivity index is 1.33. The average molecular weight is 587 g/mol. The summed E-state index contributed by atoms with van der Waals surface area (Å²) in [6.45, 7) is 8.76. The van der Waals surface area contributed by atoms with Crippen LogP contribution < -0.4 is 10.1 Å². The minimum atomic E-state index is -0.129. The number of halogens is 1. The Bertz CT molecular complexity index is 1570. The highest BCUT2D eigenvalue weighted by molar-refractivity contribution is 9.10. The molecule has 0 spiro atoms. The molecule has 4 aromatic rings. The summed E-state index contributed by atoms with van der Waals surface area (Å²) >= 11 is 4.83. The van der Waals surface area contributed by atoms with Crippen LogP contribution in [0.1, 0.15) is 33.6 Å². The van der Waals surface area contributed by atoms with E-state index in [2.05, 4.69) is 75.8 Å². The van der Waals surface area contributed by atoms with Crippen molar-refractivity contribution in [2.45, 2.75) is 34.3 Å². The molecule has 3 aromatic carbocycles. The number of nitrogens with zero attached hydrogens (tertiary/aromatic N) is 2. The van der Waals surface area contributed by atoms with E-state index in [4.69, 9.17) is 4.74 Å². The van der Waals surface area contributed by atoms with Crippen molar-refractivity contribution in [3.63, 3.8) is 0 Å². The smallest absolute Gasteiger partial charge is 0.264 e. The summed E-state index contributed by atoms with van der Waals surface area (Å²) in [5.41, 5.74) is 8.47. The van der Waals surface area contributed by atoms with Crippen LogP contribution in [0.25, 0.3) is 11.8 Å². The second-order valence-electron chi connectivity index (χ2n) is 9.27. The van der Waals surface area contributed by atoms with Crippen LogP contribution in [0.2, 0.25) is 0 Å².